The van der Waals surface area contributed by atoms with Crippen molar-refractivity contribution in [1.29, 1.82) is 5.26 Å². The molecule has 31 heavy (non-hydrogen) atoms. The van der Waals surface area contributed by atoms with Crippen molar-refractivity contribution in [3.8, 4) is 28.8 Å². The lowest BCUT2D eigenvalue weighted by Crippen LogP contribution is -2.52. The molecular formula is C23H23N5O3. The van der Waals surface area contributed by atoms with Crippen LogP contribution in [0.15, 0.2) is 30.5 Å². The maximum Gasteiger partial charge on any atom is 0.253 e. The zero-order valence-corrected chi connectivity index (χ0v) is 17.5. The van der Waals surface area contributed by atoms with Crippen LogP contribution in [0.2, 0.25) is 0 Å². The van der Waals surface area contributed by atoms with Gasteiger partial charge in [0.1, 0.15) is 18.8 Å². The number of nitrogens with one attached hydrogen (secondary N) is 1. The maximum atomic E-state index is 13.2. The molecule has 8 heteroatoms. The highest BCUT2D eigenvalue weighted by atomic mass is 16.6. The third kappa shape index (κ3) is 3.26. The smallest absolute Gasteiger partial charge is 0.253 e. The van der Waals surface area contributed by atoms with Gasteiger partial charge in [0.2, 0.25) is 0 Å². The van der Waals surface area contributed by atoms with Crippen LogP contribution < -0.4 is 14.8 Å². The lowest BCUT2D eigenvalue weighted by Gasteiger charge is -2.35. The summed E-state index contributed by atoms with van der Waals surface area (Å²) >= 11 is 0. The number of amides is 1. The highest BCUT2D eigenvalue weighted by Gasteiger charge is 2.39. The number of aromatic nitrogens is 3. The van der Waals surface area contributed by atoms with Crippen molar-refractivity contribution in [2.24, 2.45) is 0 Å². The van der Waals surface area contributed by atoms with Gasteiger partial charge in [0, 0.05) is 11.6 Å². The Kier molecular flexibility index (Phi) is 4.54. The molecule has 2 aromatic heterocycles. The molecule has 3 heterocycles. The Labute approximate surface area is 179 Å². The van der Waals surface area contributed by atoms with Gasteiger partial charge in [-0.2, -0.15) is 10.4 Å². The molecule has 0 radical (unpaired) electrons. The predicted octanol–water partition coefficient (Wildman–Crippen LogP) is 3.63. The second-order valence-corrected chi connectivity index (χ2v) is 8.34. The highest BCUT2D eigenvalue weighted by molar-refractivity contribution is 6.07. The van der Waals surface area contributed by atoms with Crippen LogP contribution in [-0.4, -0.2) is 39.4 Å². The average molecular weight is 417 g/mol. The van der Waals surface area contributed by atoms with Gasteiger partial charge in [0.15, 0.2) is 17.1 Å². The molecule has 1 amide bonds. The fraction of sp³-hybridized carbons (Fsp3) is 0.391. The van der Waals surface area contributed by atoms with Crippen LogP contribution >= 0.6 is 0 Å². The molecule has 1 fully saturated rings. The summed E-state index contributed by atoms with van der Waals surface area (Å²) in [4.78, 5) is 18.1. The SMILES string of the molecule is CC(C)n1ncc2c(C(=O)NC3(C#N)CCC3)cc(-c3ccc4c(c3)OCCO4)nc21. The van der Waals surface area contributed by atoms with Gasteiger partial charge in [0.25, 0.3) is 5.91 Å². The van der Waals surface area contributed by atoms with Crippen LogP contribution in [0.4, 0.5) is 0 Å². The first kappa shape index (κ1) is 19.4. The topological polar surface area (TPSA) is 102 Å². The van der Waals surface area contributed by atoms with Crippen LogP contribution in [0.5, 0.6) is 11.5 Å². The predicted molar refractivity (Wildman–Crippen MR) is 114 cm³/mol. The minimum Gasteiger partial charge on any atom is -0.486 e. The van der Waals surface area contributed by atoms with Crippen LogP contribution in [0.3, 0.4) is 0 Å². The molecule has 5 rings (SSSR count). The van der Waals surface area contributed by atoms with E-state index in [-0.39, 0.29) is 11.9 Å². The number of pyridine rings is 1. The number of fused-ring (bicyclic) bond motifs is 2. The molecule has 8 nitrogen and oxygen atoms in total. The summed E-state index contributed by atoms with van der Waals surface area (Å²) in [6.45, 7) is 5.05. The Morgan fingerprint density at radius 3 is 2.68 bits per heavy atom. The van der Waals surface area contributed by atoms with E-state index in [1.165, 1.54) is 0 Å². The monoisotopic (exact) mass is 417 g/mol. The Bertz CT molecular complexity index is 1220. The molecule has 158 valence electrons. The first-order valence-electron chi connectivity index (χ1n) is 10.5. The third-order valence-electron chi connectivity index (χ3n) is 5.91. The van der Waals surface area contributed by atoms with Gasteiger partial charge < -0.3 is 14.8 Å². The summed E-state index contributed by atoms with van der Waals surface area (Å²) in [7, 11) is 0. The largest absolute Gasteiger partial charge is 0.486 e. The van der Waals surface area contributed by atoms with Crippen molar-refractivity contribution in [3.63, 3.8) is 0 Å². The van der Waals surface area contributed by atoms with Crippen molar-refractivity contribution < 1.29 is 14.3 Å². The van der Waals surface area contributed by atoms with E-state index in [4.69, 9.17) is 14.5 Å². The highest BCUT2D eigenvalue weighted by Crippen LogP contribution is 2.36. The Morgan fingerprint density at radius 1 is 1.23 bits per heavy atom. The fourth-order valence-corrected chi connectivity index (χ4v) is 4.01. The lowest BCUT2D eigenvalue weighted by atomic mass is 9.78. The molecule has 0 atom stereocenters. The van der Waals surface area contributed by atoms with Gasteiger partial charge >= 0.3 is 0 Å². The molecule has 1 N–H and O–H groups in total. The van der Waals surface area contributed by atoms with E-state index < -0.39 is 5.54 Å². The van der Waals surface area contributed by atoms with Crippen LogP contribution in [0.25, 0.3) is 22.3 Å². The minimum absolute atomic E-state index is 0.0773. The van der Waals surface area contributed by atoms with Gasteiger partial charge in [-0.25, -0.2) is 9.67 Å². The van der Waals surface area contributed by atoms with Crippen molar-refractivity contribution in [2.75, 3.05) is 13.2 Å². The summed E-state index contributed by atoms with van der Waals surface area (Å²) in [6.07, 6.45) is 3.95. The molecule has 1 aliphatic carbocycles. The van der Waals surface area contributed by atoms with Crippen LogP contribution in [0.1, 0.15) is 49.5 Å². The number of carbonyl (C=O) groups excluding carboxylic acids is 1. The van der Waals surface area contributed by atoms with Crippen LogP contribution in [0, 0.1) is 11.3 Å². The van der Waals surface area contributed by atoms with Gasteiger partial charge in [-0.3, -0.25) is 4.79 Å². The summed E-state index contributed by atoms with van der Waals surface area (Å²) in [6, 6.07) is 9.75. The zero-order chi connectivity index (χ0) is 21.6. The second kappa shape index (κ2) is 7.27. The second-order valence-electron chi connectivity index (χ2n) is 8.34. The lowest BCUT2D eigenvalue weighted by molar-refractivity contribution is 0.0883. The third-order valence-corrected chi connectivity index (χ3v) is 5.91. The summed E-state index contributed by atoms with van der Waals surface area (Å²) in [5, 5.41) is 17.6. The number of nitriles is 1. The number of ether oxygens (including phenoxy) is 2. The molecule has 1 aromatic carbocycles. The zero-order valence-electron chi connectivity index (χ0n) is 17.5. The minimum atomic E-state index is -0.780. The first-order chi connectivity index (χ1) is 15.0. The maximum absolute atomic E-state index is 13.2. The Morgan fingerprint density at radius 2 is 2.00 bits per heavy atom. The molecule has 0 bridgehead atoms. The Hall–Kier alpha value is -3.60. The first-order valence-corrected chi connectivity index (χ1v) is 10.5. The van der Waals surface area contributed by atoms with Gasteiger partial charge in [-0.05, 0) is 57.4 Å². The van der Waals surface area contributed by atoms with Gasteiger partial charge in [-0.1, -0.05) is 0 Å². The molecule has 0 spiro atoms. The number of benzene rings is 1. The van der Waals surface area contributed by atoms with Crippen molar-refractivity contribution >= 4 is 16.9 Å². The van der Waals surface area contributed by atoms with E-state index in [1.54, 1.807) is 16.9 Å². The van der Waals surface area contributed by atoms with E-state index in [1.807, 2.05) is 32.0 Å². The molecule has 2 aliphatic rings. The number of hydrogen-bond acceptors (Lipinski definition) is 6. The molecule has 1 saturated carbocycles. The summed E-state index contributed by atoms with van der Waals surface area (Å²) in [5.74, 6) is 1.07. The quantitative estimate of drug-likeness (QED) is 0.696. The molecule has 0 saturated heterocycles. The average Bonchev–Trinajstić information content (AvgIpc) is 3.19. The normalized spacial score (nSPS) is 16.6. The molecular weight excluding hydrogens is 394 g/mol. The van der Waals surface area contributed by atoms with Crippen LogP contribution in [-0.2, 0) is 0 Å². The molecule has 1 aliphatic heterocycles. The van der Waals surface area contributed by atoms with Crippen molar-refractivity contribution in [3.05, 3.63) is 36.0 Å². The Balaban J connectivity index is 1.63. The van der Waals surface area contributed by atoms with Gasteiger partial charge in [0.05, 0.1) is 28.9 Å². The summed E-state index contributed by atoms with van der Waals surface area (Å²) in [5.41, 5.74) is 1.76. The molecule has 0 unspecified atom stereocenters. The van der Waals surface area contributed by atoms with E-state index in [2.05, 4.69) is 16.5 Å². The van der Waals surface area contributed by atoms with E-state index in [9.17, 15) is 10.1 Å². The van der Waals surface area contributed by atoms with Gasteiger partial charge in [-0.15, -0.1) is 0 Å². The van der Waals surface area contributed by atoms with E-state index in [0.29, 0.717) is 59.8 Å². The number of rotatable bonds is 4. The fourth-order valence-electron chi connectivity index (χ4n) is 4.01. The molecule has 3 aromatic rings. The van der Waals surface area contributed by atoms with E-state index >= 15 is 0 Å². The standard InChI is InChI=1S/C23H23N5O3/c1-14(2)28-21-17(12-25-28)16(22(29)27-23(13-24)6-3-7-23)11-18(26-21)15-4-5-19-20(10-15)31-9-8-30-19/h4-5,10-12,14H,3,6-9H2,1-2H3,(H,27,29). The number of nitrogens with zero attached hydrogens (tertiary/aromatic N) is 4. The van der Waals surface area contributed by atoms with E-state index in [0.717, 1.165) is 12.0 Å². The summed E-state index contributed by atoms with van der Waals surface area (Å²) < 4.78 is 13.1. The van der Waals surface area contributed by atoms with Crippen molar-refractivity contribution in [2.45, 2.75) is 44.7 Å². The number of hydrogen-bond donors (Lipinski definition) is 1. The van der Waals surface area contributed by atoms with Crippen molar-refractivity contribution in [1.82, 2.24) is 20.1 Å². The number of carbonyl (C=O) groups is 1.